The second kappa shape index (κ2) is 6.31. The van der Waals surface area contributed by atoms with Gasteiger partial charge in [-0.1, -0.05) is 0 Å². The molecule has 0 saturated heterocycles. The van der Waals surface area contributed by atoms with Crippen LogP contribution in [0.3, 0.4) is 0 Å². The Bertz CT molecular complexity index is 671. The van der Waals surface area contributed by atoms with Crippen LogP contribution in [-0.4, -0.2) is 19.0 Å². The van der Waals surface area contributed by atoms with Crippen LogP contribution in [0.15, 0.2) is 29.6 Å². The maximum atomic E-state index is 13.7. The zero-order valence-electron chi connectivity index (χ0n) is 10.3. The maximum absolute atomic E-state index is 13.7. The molecule has 7 heteroatoms. The standard InChI is InChI=1S/C13H9FINO3S/c1-19-13(18)7-2-3-9(14)10(4-7)16-12(17)8-5-11(15)20-6-8/h2-6H,1H3,(H,16,17). The van der Waals surface area contributed by atoms with Gasteiger partial charge in [0.15, 0.2) is 0 Å². The van der Waals surface area contributed by atoms with Crippen molar-refractivity contribution in [1.82, 2.24) is 0 Å². The molecule has 0 aliphatic carbocycles. The molecule has 0 aliphatic rings. The van der Waals surface area contributed by atoms with Crippen molar-refractivity contribution in [3.05, 3.63) is 49.5 Å². The lowest BCUT2D eigenvalue weighted by molar-refractivity contribution is 0.0600. The van der Waals surface area contributed by atoms with Gasteiger partial charge in [0.2, 0.25) is 0 Å². The van der Waals surface area contributed by atoms with Crippen LogP contribution in [0.4, 0.5) is 10.1 Å². The Balaban J connectivity index is 2.24. The highest BCUT2D eigenvalue weighted by atomic mass is 127. The molecule has 1 amide bonds. The van der Waals surface area contributed by atoms with Crippen LogP contribution in [0.5, 0.6) is 0 Å². The topological polar surface area (TPSA) is 55.4 Å². The summed E-state index contributed by atoms with van der Waals surface area (Å²) in [5.74, 6) is -1.63. The fourth-order valence-corrected chi connectivity index (χ4v) is 2.82. The molecule has 2 aromatic rings. The zero-order chi connectivity index (χ0) is 14.7. The number of benzene rings is 1. The number of carbonyl (C=O) groups excluding carboxylic acids is 2. The van der Waals surface area contributed by atoms with E-state index in [0.717, 1.165) is 8.95 Å². The minimum absolute atomic E-state index is 0.0564. The third-order valence-electron chi connectivity index (χ3n) is 2.47. The van der Waals surface area contributed by atoms with Crippen LogP contribution in [-0.2, 0) is 4.74 Å². The summed E-state index contributed by atoms with van der Waals surface area (Å²) in [6, 6.07) is 5.35. The molecule has 0 fully saturated rings. The first-order chi connectivity index (χ1) is 9.51. The van der Waals surface area contributed by atoms with E-state index in [1.165, 1.54) is 30.6 Å². The van der Waals surface area contributed by atoms with Crippen molar-refractivity contribution in [1.29, 1.82) is 0 Å². The van der Waals surface area contributed by atoms with E-state index in [-0.39, 0.29) is 11.3 Å². The Labute approximate surface area is 132 Å². The third-order valence-corrected chi connectivity index (χ3v) is 4.25. The van der Waals surface area contributed by atoms with Crippen molar-refractivity contribution >= 4 is 51.5 Å². The van der Waals surface area contributed by atoms with Crippen molar-refractivity contribution in [3.63, 3.8) is 0 Å². The predicted octanol–water partition coefficient (Wildman–Crippen LogP) is 3.53. The lowest BCUT2D eigenvalue weighted by Crippen LogP contribution is -2.13. The number of amides is 1. The van der Waals surface area contributed by atoms with Crippen molar-refractivity contribution < 1.29 is 18.7 Å². The molecule has 1 heterocycles. The van der Waals surface area contributed by atoms with Gasteiger partial charge in [-0.05, 0) is 46.9 Å². The number of methoxy groups -OCH3 is 1. The molecule has 1 N–H and O–H groups in total. The molecule has 4 nitrogen and oxygen atoms in total. The first-order valence-electron chi connectivity index (χ1n) is 5.44. The monoisotopic (exact) mass is 405 g/mol. The molecule has 2 rings (SSSR count). The van der Waals surface area contributed by atoms with Crippen LogP contribution in [0.2, 0.25) is 0 Å². The van der Waals surface area contributed by atoms with E-state index >= 15 is 0 Å². The van der Waals surface area contributed by atoms with Crippen LogP contribution >= 0.6 is 33.9 Å². The van der Waals surface area contributed by atoms with Crippen LogP contribution in [0.1, 0.15) is 20.7 Å². The van der Waals surface area contributed by atoms with Crippen molar-refractivity contribution in [2.45, 2.75) is 0 Å². The summed E-state index contributed by atoms with van der Waals surface area (Å²) in [6.45, 7) is 0. The number of esters is 1. The molecule has 0 spiro atoms. The zero-order valence-corrected chi connectivity index (χ0v) is 13.2. The van der Waals surface area contributed by atoms with Gasteiger partial charge in [-0.15, -0.1) is 11.3 Å². The van der Waals surface area contributed by atoms with Crippen molar-refractivity contribution in [3.8, 4) is 0 Å². The quantitative estimate of drug-likeness (QED) is 0.628. The number of hydrogen-bond acceptors (Lipinski definition) is 4. The Morgan fingerprint density at radius 2 is 2.05 bits per heavy atom. The summed E-state index contributed by atoms with van der Waals surface area (Å²) in [7, 11) is 1.23. The van der Waals surface area contributed by atoms with Gasteiger partial charge in [-0.2, -0.15) is 0 Å². The average molecular weight is 405 g/mol. The van der Waals surface area contributed by atoms with Crippen molar-refractivity contribution in [2.24, 2.45) is 0 Å². The average Bonchev–Trinajstić information content (AvgIpc) is 2.87. The van der Waals surface area contributed by atoms with E-state index in [9.17, 15) is 14.0 Å². The molecular formula is C13H9FINO3S. The van der Waals surface area contributed by atoms with Gasteiger partial charge < -0.3 is 10.1 Å². The van der Waals surface area contributed by atoms with Crippen LogP contribution in [0.25, 0.3) is 0 Å². The summed E-state index contributed by atoms with van der Waals surface area (Å²) in [5.41, 5.74) is 0.561. The van der Waals surface area contributed by atoms with E-state index in [0.29, 0.717) is 5.56 Å². The first kappa shape index (κ1) is 14.9. The number of hydrogen-bond donors (Lipinski definition) is 1. The van der Waals surface area contributed by atoms with Gasteiger partial charge in [0.25, 0.3) is 5.91 Å². The molecule has 1 aromatic carbocycles. The van der Waals surface area contributed by atoms with Gasteiger partial charge in [-0.25, -0.2) is 9.18 Å². The van der Waals surface area contributed by atoms with Gasteiger partial charge in [0.1, 0.15) is 5.82 Å². The van der Waals surface area contributed by atoms with E-state index in [2.05, 4.69) is 32.6 Å². The molecule has 0 saturated carbocycles. The lowest BCUT2D eigenvalue weighted by atomic mass is 10.2. The molecule has 20 heavy (non-hydrogen) atoms. The number of thiophene rings is 1. The van der Waals surface area contributed by atoms with Gasteiger partial charge in [0.05, 0.1) is 26.8 Å². The Hall–Kier alpha value is -1.48. The highest BCUT2D eigenvalue weighted by molar-refractivity contribution is 14.1. The molecule has 1 aromatic heterocycles. The van der Waals surface area contributed by atoms with Gasteiger partial charge in [0, 0.05) is 5.38 Å². The second-order valence-corrected chi connectivity index (χ2v) is 6.59. The summed E-state index contributed by atoms with van der Waals surface area (Å²) < 4.78 is 19.2. The third kappa shape index (κ3) is 3.34. The fraction of sp³-hybridized carbons (Fsp3) is 0.0769. The molecule has 0 atom stereocenters. The number of halogens is 2. The largest absolute Gasteiger partial charge is 0.465 e. The number of anilines is 1. The molecule has 0 aliphatic heterocycles. The molecular weight excluding hydrogens is 396 g/mol. The molecule has 104 valence electrons. The fourth-order valence-electron chi connectivity index (χ4n) is 1.49. The Morgan fingerprint density at radius 1 is 1.30 bits per heavy atom. The highest BCUT2D eigenvalue weighted by Crippen LogP contribution is 2.20. The number of carbonyl (C=O) groups is 2. The van der Waals surface area contributed by atoms with E-state index in [1.54, 1.807) is 11.4 Å². The maximum Gasteiger partial charge on any atom is 0.337 e. The van der Waals surface area contributed by atoms with Gasteiger partial charge >= 0.3 is 5.97 Å². The SMILES string of the molecule is COC(=O)c1ccc(F)c(NC(=O)c2csc(I)c2)c1. The Morgan fingerprint density at radius 3 is 2.65 bits per heavy atom. The highest BCUT2D eigenvalue weighted by Gasteiger charge is 2.14. The van der Waals surface area contributed by atoms with Crippen LogP contribution < -0.4 is 5.32 Å². The Kier molecular flexibility index (Phi) is 4.71. The number of rotatable bonds is 3. The number of nitrogens with one attached hydrogen (secondary N) is 1. The molecule has 0 bridgehead atoms. The minimum atomic E-state index is -0.615. The van der Waals surface area contributed by atoms with Gasteiger partial charge in [-0.3, -0.25) is 4.79 Å². The molecule has 0 unspecified atom stereocenters. The summed E-state index contributed by atoms with van der Waals surface area (Å²) in [5, 5.41) is 4.12. The second-order valence-electron chi connectivity index (χ2n) is 3.78. The van der Waals surface area contributed by atoms with E-state index in [1.807, 2.05) is 0 Å². The predicted molar refractivity (Wildman–Crippen MR) is 82.7 cm³/mol. The minimum Gasteiger partial charge on any atom is -0.465 e. The van der Waals surface area contributed by atoms with Crippen molar-refractivity contribution in [2.75, 3.05) is 12.4 Å². The van der Waals surface area contributed by atoms with E-state index in [4.69, 9.17) is 0 Å². The summed E-state index contributed by atoms with van der Waals surface area (Å²) in [4.78, 5) is 23.3. The summed E-state index contributed by atoms with van der Waals surface area (Å²) >= 11 is 3.51. The van der Waals surface area contributed by atoms with Crippen LogP contribution in [0, 0.1) is 8.70 Å². The smallest absolute Gasteiger partial charge is 0.337 e. The lowest BCUT2D eigenvalue weighted by Gasteiger charge is -2.07. The molecule has 0 radical (unpaired) electrons. The van der Waals surface area contributed by atoms with E-state index < -0.39 is 17.7 Å². The normalized spacial score (nSPS) is 10.2. The number of ether oxygens (including phenoxy) is 1. The first-order valence-corrected chi connectivity index (χ1v) is 7.40. The summed E-state index contributed by atoms with van der Waals surface area (Å²) in [6.07, 6.45) is 0.